The molecule has 1 heterocycles. The van der Waals surface area contributed by atoms with E-state index in [4.69, 9.17) is 12.2 Å². The molecule has 10 heteroatoms. The number of rotatable bonds is 9. The van der Waals surface area contributed by atoms with E-state index in [0.29, 0.717) is 28.1 Å². The molecule has 2 atom stereocenters. The number of hydrogen-bond donors (Lipinski definition) is 3. The predicted molar refractivity (Wildman–Crippen MR) is 179 cm³/mol. The third-order valence-corrected chi connectivity index (χ3v) is 9.44. The standard InChI is InChI=1S/C34H31FN4O3S2/c1-4-32(24-15-13-22(2)14-16-24)44(41,42)39-30-12-8-5-9-25(30)21-31(39)23(3)36-34(43)38-27-19-17-26(18-20-27)37-33(40)28-10-6-7-11-29(28)35/h4-21,23,32H,1H2,2-3H3,(H,37,40)(H2,36,38,43). The van der Waals surface area contributed by atoms with Crippen molar-refractivity contribution in [3.8, 4) is 0 Å². The first-order chi connectivity index (χ1) is 21.1. The third kappa shape index (κ3) is 6.41. The van der Waals surface area contributed by atoms with Crippen molar-refractivity contribution in [1.29, 1.82) is 0 Å². The minimum absolute atomic E-state index is 0.0493. The van der Waals surface area contributed by atoms with Crippen molar-refractivity contribution in [3.05, 3.63) is 144 Å². The highest BCUT2D eigenvalue weighted by molar-refractivity contribution is 7.90. The Morgan fingerprint density at radius 1 is 0.909 bits per heavy atom. The fraction of sp³-hybridized carbons (Fsp3) is 0.118. The van der Waals surface area contributed by atoms with Crippen LogP contribution in [0.3, 0.4) is 0 Å². The number of para-hydroxylation sites is 1. The van der Waals surface area contributed by atoms with Gasteiger partial charge in [0, 0.05) is 16.8 Å². The van der Waals surface area contributed by atoms with Crippen molar-refractivity contribution >= 4 is 55.5 Å². The summed E-state index contributed by atoms with van der Waals surface area (Å²) in [4.78, 5) is 12.4. The topological polar surface area (TPSA) is 92.2 Å². The summed E-state index contributed by atoms with van der Waals surface area (Å²) in [5, 5.41) is 9.04. The molecule has 0 radical (unpaired) electrons. The zero-order valence-corrected chi connectivity index (χ0v) is 25.8. The van der Waals surface area contributed by atoms with E-state index in [1.165, 1.54) is 28.2 Å². The SMILES string of the molecule is C=CC(c1ccc(C)cc1)S(=O)(=O)n1c(C(C)NC(=S)Nc2ccc(NC(=O)c3ccccc3F)cc2)cc2ccccc21. The maximum absolute atomic E-state index is 14.2. The smallest absolute Gasteiger partial charge is 0.258 e. The minimum atomic E-state index is -3.97. The number of hydrogen-bond acceptors (Lipinski definition) is 4. The van der Waals surface area contributed by atoms with Crippen LogP contribution in [0, 0.1) is 12.7 Å². The van der Waals surface area contributed by atoms with E-state index >= 15 is 0 Å². The summed E-state index contributed by atoms with van der Waals surface area (Å²) in [6.45, 7) is 7.63. The van der Waals surface area contributed by atoms with Gasteiger partial charge in [0.2, 0.25) is 10.0 Å². The summed E-state index contributed by atoms with van der Waals surface area (Å²) in [5.41, 5.74) is 3.80. The van der Waals surface area contributed by atoms with Gasteiger partial charge >= 0.3 is 0 Å². The number of nitrogens with one attached hydrogen (secondary N) is 3. The zero-order chi connectivity index (χ0) is 31.4. The van der Waals surface area contributed by atoms with Gasteiger partial charge < -0.3 is 16.0 Å². The number of aryl methyl sites for hydroxylation is 1. The Labute approximate surface area is 261 Å². The molecule has 0 fully saturated rings. The van der Waals surface area contributed by atoms with Crippen LogP contribution < -0.4 is 16.0 Å². The van der Waals surface area contributed by atoms with Gasteiger partial charge in [-0.3, -0.25) is 4.79 Å². The summed E-state index contributed by atoms with van der Waals surface area (Å²) in [7, 11) is -3.97. The lowest BCUT2D eigenvalue weighted by atomic mass is 10.1. The van der Waals surface area contributed by atoms with Crippen LogP contribution >= 0.6 is 12.2 Å². The van der Waals surface area contributed by atoms with Crippen LogP contribution in [0.4, 0.5) is 15.8 Å². The third-order valence-electron chi connectivity index (χ3n) is 7.20. The minimum Gasteiger partial charge on any atom is -0.354 e. The highest BCUT2D eigenvalue weighted by Gasteiger charge is 2.31. The van der Waals surface area contributed by atoms with Gasteiger partial charge in [0.1, 0.15) is 11.1 Å². The van der Waals surface area contributed by atoms with Crippen molar-refractivity contribution in [1.82, 2.24) is 9.29 Å². The fourth-order valence-electron chi connectivity index (χ4n) is 4.95. The normalized spacial score (nSPS) is 12.7. The molecule has 5 rings (SSSR count). The predicted octanol–water partition coefficient (Wildman–Crippen LogP) is 7.49. The molecule has 5 aromatic rings. The Hall–Kier alpha value is -4.80. The second-order valence-corrected chi connectivity index (χ2v) is 12.6. The van der Waals surface area contributed by atoms with Crippen LogP contribution in [0.5, 0.6) is 0 Å². The van der Waals surface area contributed by atoms with Crippen molar-refractivity contribution in [2.75, 3.05) is 10.6 Å². The van der Waals surface area contributed by atoms with Gasteiger partial charge in [0.25, 0.3) is 5.91 Å². The molecular weight excluding hydrogens is 596 g/mol. The Bertz CT molecular complexity index is 1950. The largest absolute Gasteiger partial charge is 0.354 e. The number of halogens is 1. The molecule has 0 aliphatic heterocycles. The number of thiocarbonyl (C=S) groups is 1. The van der Waals surface area contributed by atoms with Gasteiger partial charge in [-0.2, -0.15) is 0 Å². The van der Waals surface area contributed by atoms with E-state index in [1.54, 1.807) is 42.5 Å². The molecule has 0 aliphatic rings. The zero-order valence-electron chi connectivity index (χ0n) is 24.1. The average molecular weight is 627 g/mol. The molecule has 0 spiro atoms. The maximum atomic E-state index is 14.2. The molecule has 4 aromatic carbocycles. The van der Waals surface area contributed by atoms with E-state index in [-0.39, 0.29) is 10.7 Å². The lowest BCUT2D eigenvalue weighted by molar-refractivity contribution is 0.102. The number of benzene rings is 4. The molecule has 0 aliphatic carbocycles. The number of aromatic nitrogens is 1. The summed E-state index contributed by atoms with van der Waals surface area (Å²) in [6.07, 6.45) is 1.45. The van der Waals surface area contributed by atoms with Gasteiger partial charge in [0.15, 0.2) is 5.11 Å². The average Bonchev–Trinajstić information content (AvgIpc) is 3.40. The first-order valence-electron chi connectivity index (χ1n) is 13.9. The van der Waals surface area contributed by atoms with Crippen LogP contribution in [-0.2, 0) is 10.0 Å². The van der Waals surface area contributed by atoms with E-state index in [9.17, 15) is 17.6 Å². The van der Waals surface area contributed by atoms with Crippen molar-refractivity contribution in [2.45, 2.75) is 25.1 Å². The van der Waals surface area contributed by atoms with E-state index in [0.717, 1.165) is 10.9 Å². The number of anilines is 2. The van der Waals surface area contributed by atoms with Crippen LogP contribution in [0.2, 0.25) is 0 Å². The van der Waals surface area contributed by atoms with E-state index in [1.807, 2.05) is 56.3 Å². The number of carbonyl (C=O) groups excluding carboxylic acids is 1. The molecular formula is C34H31FN4O3S2. The lowest BCUT2D eigenvalue weighted by Crippen LogP contribution is -2.33. The molecule has 0 saturated heterocycles. The first-order valence-corrected chi connectivity index (χ1v) is 15.8. The van der Waals surface area contributed by atoms with Gasteiger partial charge in [-0.05, 0) is 80.2 Å². The van der Waals surface area contributed by atoms with Crippen LogP contribution in [-0.4, -0.2) is 23.4 Å². The van der Waals surface area contributed by atoms with Crippen LogP contribution in [0.25, 0.3) is 10.9 Å². The van der Waals surface area contributed by atoms with Gasteiger partial charge in [-0.1, -0.05) is 66.2 Å². The van der Waals surface area contributed by atoms with Crippen LogP contribution in [0.15, 0.2) is 116 Å². The Balaban J connectivity index is 1.34. The second kappa shape index (κ2) is 12.8. The van der Waals surface area contributed by atoms with Gasteiger partial charge in [0.05, 0.1) is 22.8 Å². The fourth-order valence-corrected chi connectivity index (χ4v) is 7.17. The molecule has 7 nitrogen and oxygen atoms in total. The molecule has 2 unspecified atom stereocenters. The molecule has 1 amide bonds. The number of amides is 1. The van der Waals surface area contributed by atoms with Crippen molar-refractivity contribution in [3.63, 3.8) is 0 Å². The maximum Gasteiger partial charge on any atom is 0.258 e. The Morgan fingerprint density at radius 3 is 2.18 bits per heavy atom. The molecule has 0 saturated carbocycles. The molecule has 44 heavy (non-hydrogen) atoms. The van der Waals surface area contributed by atoms with E-state index in [2.05, 4.69) is 22.5 Å². The van der Waals surface area contributed by atoms with Gasteiger partial charge in [-0.25, -0.2) is 16.8 Å². The summed E-state index contributed by atoms with van der Waals surface area (Å²) in [5.74, 6) is -1.16. The second-order valence-electron chi connectivity index (χ2n) is 10.3. The quantitative estimate of drug-likeness (QED) is 0.116. The summed E-state index contributed by atoms with van der Waals surface area (Å²) in [6, 6.07) is 28.6. The Kier molecular flexibility index (Phi) is 8.93. The Morgan fingerprint density at radius 2 is 1.52 bits per heavy atom. The first kappa shape index (κ1) is 30.7. The highest BCUT2D eigenvalue weighted by atomic mass is 32.2. The molecule has 224 valence electrons. The molecule has 1 aromatic heterocycles. The van der Waals surface area contributed by atoms with Crippen molar-refractivity contribution in [2.24, 2.45) is 0 Å². The number of nitrogens with zero attached hydrogens (tertiary/aromatic N) is 1. The number of carbonyl (C=O) groups is 1. The number of fused-ring (bicyclic) bond motifs is 1. The van der Waals surface area contributed by atoms with E-state index < -0.39 is 33.0 Å². The van der Waals surface area contributed by atoms with Crippen LogP contribution in [0.1, 0.15) is 45.4 Å². The molecule has 0 bridgehead atoms. The van der Waals surface area contributed by atoms with Gasteiger partial charge in [-0.15, -0.1) is 6.58 Å². The summed E-state index contributed by atoms with van der Waals surface area (Å²) >= 11 is 5.57. The lowest BCUT2D eigenvalue weighted by Gasteiger charge is -2.23. The monoisotopic (exact) mass is 626 g/mol. The molecule has 3 N–H and O–H groups in total. The van der Waals surface area contributed by atoms with Crippen molar-refractivity contribution < 1.29 is 17.6 Å². The highest BCUT2D eigenvalue weighted by Crippen LogP contribution is 2.33. The summed E-state index contributed by atoms with van der Waals surface area (Å²) < 4.78 is 43.7.